The highest BCUT2D eigenvalue weighted by Gasteiger charge is 2.35. The third kappa shape index (κ3) is 6.36. The summed E-state index contributed by atoms with van der Waals surface area (Å²) >= 11 is 0. The molecule has 2 aromatic heterocycles. The van der Waals surface area contributed by atoms with Crippen LogP contribution in [0.3, 0.4) is 0 Å². The van der Waals surface area contributed by atoms with Gasteiger partial charge in [-0.15, -0.1) is 0 Å². The van der Waals surface area contributed by atoms with E-state index in [4.69, 9.17) is 14.4 Å². The molecule has 0 bridgehead atoms. The Balaban J connectivity index is 1.07. The second-order valence-electron chi connectivity index (χ2n) is 17.3. The zero-order valence-electron chi connectivity index (χ0n) is 35.6. The van der Waals surface area contributed by atoms with Gasteiger partial charge < -0.3 is 4.42 Å². The maximum absolute atomic E-state index is 6.28. The number of furan rings is 1. The maximum atomic E-state index is 6.28. The van der Waals surface area contributed by atoms with Crippen LogP contribution in [0.15, 0.2) is 223 Å². The van der Waals surface area contributed by atoms with Gasteiger partial charge in [0.15, 0.2) is 5.82 Å². The van der Waals surface area contributed by atoms with Crippen molar-refractivity contribution in [3.8, 4) is 89.5 Å². The fraction of sp³-hybridized carbons (Fsp3) is 0.0492. The quantitative estimate of drug-likeness (QED) is 0.161. The van der Waals surface area contributed by atoms with Crippen molar-refractivity contribution < 1.29 is 4.42 Å². The fourth-order valence-corrected chi connectivity index (χ4v) is 9.90. The van der Waals surface area contributed by atoms with Gasteiger partial charge in [0.2, 0.25) is 0 Å². The number of nitrogens with zero attached hydrogens (tertiary/aromatic N) is 2. The molecule has 0 aliphatic heterocycles. The fourth-order valence-electron chi connectivity index (χ4n) is 9.90. The van der Waals surface area contributed by atoms with Crippen LogP contribution in [0.25, 0.3) is 111 Å². The lowest BCUT2D eigenvalue weighted by Crippen LogP contribution is -2.14. The molecule has 3 nitrogen and oxygen atoms in total. The molecule has 0 saturated carbocycles. The molecule has 0 saturated heterocycles. The molecule has 1 aliphatic carbocycles. The number of para-hydroxylation sites is 1. The third-order valence-electron chi connectivity index (χ3n) is 13.1. The molecule has 0 atom stereocenters. The molecular formula is C61H42N2O. The molecule has 9 aromatic carbocycles. The number of fused-ring (bicyclic) bond motifs is 6. The van der Waals surface area contributed by atoms with Crippen LogP contribution in [0.4, 0.5) is 0 Å². The Morgan fingerprint density at radius 3 is 1.64 bits per heavy atom. The normalized spacial score (nSPS) is 12.7. The largest absolute Gasteiger partial charge is 0.456 e. The minimum atomic E-state index is -0.0663. The smallest absolute Gasteiger partial charge is 0.160 e. The van der Waals surface area contributed by atoms with Gasteiger partial charge in [0.05, 0.1) is 11.4 Å². The Morgan fingerprint density at radius 2 is 0.859 bits per heavy atom. The van der Waals surface area contributed by atoms with E-state index >= 15 is 0 Å². The molecule has 0 spiro atoms. The molecule has 1 aliphatic rings. The van der Waals surface area contributed by atoms with E-state index in [0.29, 0.717) is 5.82 Å². The number of aromatic nitrogens is 2. The molecule has 11 aromatic rings. The lowest BCUT2D eigenvalue weighted by atomic mass is 9.82. The monoisotopic (exact) mass is 818 g/mol. The van der Waals surface area contributed by atoms with Gasteiger partial charge in [-0.1, -0.05) is 184 Å². The minimum absolute atomic E-state index is 0.0663. The first-order valence-electron chi connectivity index (χ1n) is 22.0. The van der Waals surface area contributed by atoms with Crippen molar-refractivity contribution in [2.24, 2.45) is 0 Å². The lowest BCUT2D eigenvalue weighted by Gasteiger charge is -2.21. The van der Waals surface area contributed by atoms with Crippen LogP contribution in [0.2, 0.25) is 0 Å². The van der Waals surface area contributed by atoms with Gasteiger partial charge in [0.25, 0.3) is 0 Å². The Morgan fingerprint density at radius 1 is 0.312 bits per heavy atom. The van der Waals surface area contributed by atoms with E-state index in [1.165, 1.54) is 33.4 Å². The van der Waals surface area contributed by atoms with Crippen molar-refractivity contribution in [2.45, 2.75) is 19.3 Å². The zero-order chi connectivity index (χ0) is 42.8. The second-order valence-corrected chi connectivity index (χ2v) is 17.3. The van der Waals surface area contributed by atoms with E-state index in [9.17, 15) is 0 Å². The molecule has 64 heavy (non-hydrogen) atoms. The molecule has 0 N–H and O–H groups in total. The number of rotatable bonds is 7. The van der Waals surface area contributed by atoms with Crippen LogP contribution < -0.4 is 0 Å². The number of benzene rings is 9. The average Bonchev–Trinajstić information content (AvgIpc) is 3.85. The molecule has 0 radical (unpaired) electrons. The van der Waals surface area contributed by atoms with Crippen molar-refractivity contribution in [3.05, 3.63) is 230 Å². The summed E-state index contributed by atoms with van der Waals surface area (Å²) < 4.78 is 6.28. The first-order chi connectivity index (χ1) is 31.5. The van der Waals surface area contributed by atoms with Gasteiger partial charge in [0.1, 0.15) is 11.2 Å². The number of hydrogen-bond acceptors (Lipinski definition) is 3. The Kier molecular flexibility index (Phi) is 8.84. The van der Waals surface area contributed by atoms with Gasteiger partial charge >= 0.3 is 0 Å². The highest BCUT2D eigenvalue weighted by Crippen LogP contribution is 2.50. The first-order valence-corrected chi connectivity index (χ1v) is 22.0. The molecule has 0 amide bonds. The summed E-state index contributed by atoms with van der Waals surface area (Å²) in [5, 5.41) is 2.20. The van der Waals surface area contributed by atoms with Crippen LogP contribution in [-0.4, -0.2) is 9.97 Å². The van der Waals surface area contributed by atoms with Crippen LogP contribution >= 0.6 is 0 Å². The van der Waals surface area contributed by atoms with Gasteiger partial charge in [-0.2, -0.15) is 0 Å². The maximum Gasteiger partial charge on any atom is 0.160 e. The Hall–Kier alpha value is -8.14. The summed E-state index contributed by atoms with van der Waals surface area (Å²) in [6, 6.07) is 78.0. The first kappa shape index (κ1) is 37.6. The molecule has 0 fully saturated rings. The van der Waals surface area contributed by atoms with Gasteiger partial charge in [-0.05, 0) is 115 Å². The summed E-state index contributed by atoms with van der Waals surface area (Å²) in [4.78, 5) is 10.8. The highest BCUT2D eigenvalue weighted by molar-refractivity contribution is 6.06. The van der Waals surface area contributed by atoms with Crippen LogP contribution in [0.1, 0.15) is 25.0 Å². The van der Waals surface area contributed by atoms with E-state index in [-0.39, 0.29) is 5.41 Å². The second kappa shape index (κ2) is 15.0. The van der Waals surface area contributed by atoms with E-state index in [1.807, 2.05) is 18.2 Å². The molecular weight excluding hydrogens is 777 g/mol. The molecule has 2 heterocycles. The minimum Gasteiger partial charge on any atom is -0.456 e. The summed E-state index contributed by atoms with van der Waals surface area (Å²) in [6.45, 7) is 4.66. The molecule has 302 valence electrons. The van der Waals surface area contributed by atoms with Crippen molar-refractivity contribution >= 4 is 21.9 Å². The standard InChI is InChI=1S/C61H42N2O/c1-61(2)54-27-15-13-24-49(54)52-37-42(29-31-55(52)61)47-22-11-12-25-50(47)57-38-56(62-60(63-57)40-19-7-4-8-20-40)45-34-43(41-30-32-59-53(36-41)51-26-14-16-28-58(51)64-59)33-44(35-45)48-23-10-9-21-46(48)39-17-5-3-6-18-39/h3-38H,1-2H3. The lowest BCUT2D eigenvalue weighted by molar-refractivity contribution is 0.660. The average molecular weight is 819 g/mol. The van der Waals surface area contributed by atoms with E-state index in [0.717, 1.165) is 83.4 Å². The predicted octanol–water partition coefficient (Wildman–Crippen LogP) is 16.4. The van der Waals surface area contributed by atoms with Crippen molar-refractivity contribution in [1.82, 2.24) is 9.97 Å². The number of hydrogen-bond donors (Lipinski definition) is 0. The van der Waals surface area contributed by atoms with Crippen molar-refractivity contribution in [1.29, 1.82) is 0 Å². The van der Waals surface area contributed by atoms with E-state index < -0.39 is 0 Å². The Labute approximate surface area is 373 Å². The third-order valence-corrected chi connectivity index (χ3v) is 13.1. The van der Waals surface area contributed by atoms with Gasteiger partial charge in [0, 0.05) is 32.9 Å². The molecule has 12 rings (SSSR count). The molecule has 3 heteroatoms. The summed E-state index contributed by atoms with van der Waals surface area (Å²) in [7, 11) is 0. The summed E-state index contributed by atoms with van der Waals surface area (Å²) in [5.74, 6) is 0.676. The van der Waals surface area contributed by atoms with E-state index in [1.54, 1.807) is 0 Å². The van der Waals surface area contributed by atoms with Crippen LogP contribution in [0, 0.1) is 0 Å². The van der Waals surface area contributed by atoms with Crippen molar-refractivity contribution in [3.63, 3.8) is 0 Å². The van der Waals surface area contributed by atoms with Gasteiger partial charge in [-0.3, -0.25) is 0 Å². The van der Waals surface area contributed by atoms with Gasteiger partial charge in [-0.25, -0.2) is 9.97 Å². The predicted molar refractivity (Wildman–Crippen MR) is 265 cm³/mol. The van der Waals surface area contributed by atoms with E-state index in [2.05, 4.69) is 214 Å². The summed E-state index contributed by atoms with van der Waals surface area (Å²) in [5.41, 5.74) is 20.8. The van der Waals surface area contributed by atoms with Crippen molar-refractivity contribution in [2.75, 3.05) is 0 Å². The topological polar surface area (TPSA) is 38.9 Å². The Bertz CT molecular complexity index is 3580. The summed E-state index contributed by atoms with van der Waals surface area (Å²) in [6.07, 6.45) is 0. The molecule has 0 unspecified atom stereocenters. The SMILES string of the molecule is CC1(C)c2ccccc2-c2cc(-c3ccccc3-c3cc(-c4cc(-c5ccc6oc7ccccc7c6c5)cc(-c5ccccc5-c5ccccc5)c4)nc(-c4ccccc4)n3)ccc21. The highest BCUT2D eigenvalue weighted by atomic mass is 16.3. The van der Waals surface area contributed by atoms with Crippen LogP contribution in [-0.2, 0) is 5.41 Å². The zero-order valence-corrected chi connectivity index (χ0v) is 35.6. The van der Waals surface area contributed by atoms with Crippen LogP contribution in [0.5, 0.6) is 0 Å².